The van der Waals surface area contributed by atoms with Gasteiger partial charge in [0.05, 0.1) is 45.1 Å². The maximum atomic E-state index is 11.1. The fourth-order valence-electron chi connectivity index (χ4n) is 1.58. The standard InChI is InChI=1S/C16H26O5/c1-5-8-18-11-16(12-19-9-6-2,13-20-10-7-3)14-21-15(4)17/h5-7H,1-3,8-14H2,4H3. The van der Waals surface area contributed by atoms with E-state index in [4.69, 9.17) is 18.9 Å². The van der Waals surface area contributed by atoms with Gasteiger partial charge in [-0.15, -0.1) is 19.7 Å². The zero-order valence-corrected chi connectivity index (χ0v) is 12.8. The monoisotopic (exact) mass is 298 g/mol. The van der Waals surface area contributed by atoms with Gasteiger partial charge in [0.1, 0.15) is 6.61 Å². The third-order valence-electron chi connectivity index (χ3n) is 2.51. The molecule has 21 heavy (non-hydrogen) atoms. The van der Waals surface area contributed by atoms with E-state index < -0.39 is 5.41 Å². The van der Waals surface area contributed by atoms with Crippen LogP contribution in [0.25, 0.3) is 0 Å². The van der Waals surface area contributed by atoms with Gasteiger partial charge in [0.15, 0.2) is 0 Å². The van der Waals surface area contributed by atoms with Crippen LogP contribution in [0.4, 0.5) is 0 Å². The van der Waals surface area contributed by atoms with Crippen molar-refractivity contribution in [1.82, 2.24) is 0 Å². The average Bonchev–Trinajstić information content (AvgIpc) is 2.46. The normalized spacial score (nSPS) is 10.9. The van der Waals surface area contributed by atoms with Gasteiger partial charge in [-0.3, -0.25) is 4.79 Å². The summed E-state index contributed by atoms with van der Waals surface area (Å²) in [5, 5.41) is 0. The Morgan fingerprint density at radius 3 is 1.52 bits per heavy atom. The van der Waals surface area contributed by atoms with Crippen LogP contribution in [0, 0.1) is 5.41 Å². The second kappa shape index (κ2) is 12.3. The van der Waals surface area contributed by atoms with Gasteiger partial charge in [0.25, 0.3) is 0 Å². The molecule has 0 aromatic rings. The van der Waals surface area contributed by atoms with Crippen LogP contribution in [0.5, 0.6) is 0 Å². The Hall–Kier alpha value is -1.43. The minimum Gasteiger partial charge on any atom is -0.465 e. The second-order valence-corrected chi connectivity index (χ2v) is 4.69. The Labute approximate surface area is 127 Å². The molecule has 0 atom stereocenters. The van der Waals surface area contributed by atoms with Crippen LogP contribution in [-0.2, 0) is 23.7 Å². The van der Waals surface area contributed by atoms with Gasteiger partial charge in [0, 0.05) is 6.92 Å². The van der Waals surface area contributed by atoms with E-state index in [9.17, 15) is 4.79 Å². The first kappa shape index (κ1) is 19.6. The fourth-order valence-corrected chi connectivity index (χ4v) is 1.58. The minimum atomic E-state index is -0.569. The van der Waals surface area contributed by atoms with Gasteiger partial charge >= 0.3 is 5.97 Å². The molecule has 0 aliphatic carbocycles. The van der Waals surface area contributed by atoms with Crippen LogP contribution in [-0.4, -0.2) is 52.2 Å². The zero-order valence-electron chi connectivity index (χ0n) is 12.8. The number of esters is 1. The average molecular weight is 298 g/mol. The van der Waals surface area contributed by atoms with Crippen LogP contribution in [0.15, 0.2) is 38.0 Å². The summed E-state index contributed by atoms with van der Waals surface area (Å²) in [6, 6.07) is 0. The van der Waals surface area contributed by atoms with E-state index in [2.05, 4.69) is 19.7 Å². The quantitative estimate of drug-likeness (QED) is 0.279. The van der Waals surface area contributed by atoms with Crippen LogP contribution in [0.3, 0.4) is 0 Å². The van der Waals surface area contributed by atoms with Crippen molar-refractivity contribution in [3.8, 4) is 0 Å². The molecule has 0 amide bonds. The van der Waals surface area contributed by atoms with Crippen LogP contribution >= 0.6 is 0 Å². The van der Waals surface area contributed by atoms with Crippen LogP contribution < -0.4 is 0 Å². The molecule has 120 valence electrons. The number of hydrogen-bond acceptors (Lipinski definition) is 5. The maximum Gasteiger partial charge on any atom is 0.302 e. The summed E-state index contributed by atoms with van der Waals surface area (Å²) in [7, 11) is 0. The van der Waals surface area contributed by atoms with Crippen molar-refractivity contribution in [3.63, 3.8) is 0 Å². The Kier molecular flexibility index (Phi) is 11.5. The van der Waals surface area contributed by atoms with Crippen molar-refractivity contribution < 1.29 is 23.7 Å². The summed E-state index contributed by atoms with van der Waals surface area (Å²) >= 11 is 0. The van der Waals surface area contributed by atoms with Crippen molar-refractivity contribution in [2.45, 2.75) is 6.92 Å². The van der Waals surface area contributed by atoms with Gasteiger partial charge in [-0.1, -0.05) is 18.2 Å². The molecule has 0 aliphatic heterocycles. The maximum absolute atomic E-state index is 11.1. The molecule has 0 N–H and O–H groups in total. The molecular formula is C16H26O5. The molecule has 0 heterocycles. The molecule has 0 aromatic heterocycles. The molecule has 0 saturated carbocycles. The van der Waals surface area contributed by atoms with E-state index in [0.29, 0.717) is 39.6 Å². The van der Waals surface area contributed by atoms with E-state index in [1.807, 2.05) is 0 Å². The number of carbonyl (C=O) groups excluding carboxylic acids is 1. The molecule has 0 aromatic carbocycles. The van der Waals surface area contributed by atoms with Gasteiger partial charge in [-0.05, 0) is 0 Å². The van der Waals surface area contributed by atoms with E-state index in [1.165, 1.54) is 6.92 Å². The smallest absolute Gasteiger partial charge is 0.302 e. The fraction of sp³-hybridized carbons (Fsp3) is 0.562. The summed E-state index contributed by atoms with van der Waals surface area (Å²) in [4.78, 5) is 11.1. The van der Waals surface area contributed by atoms with E-state index in [1.54, 1.807) is 18.2 Å². The van der Waals surface area contributed by atoms with Gasteiger partial charge < -0.3 is 18.9 Å². The molecule has 0 radical (unpaired) electrons. The first-order valence-corrected chi connectivity index (χ1v) is 6.79. The summed E-state index contributed by atoms with van der Waals surface area (Å²) in [6.45, 7) is 14.6. The molecule has 0 fully saturated rings. The lowest BCUT2D eigenvalue weighted by Gasteiger charge is -2.32. The van der Waals surface area contributed by atoms with Crippen molar-refractivity contribution in [2.75, 3.05) is 46.2 Å². The molecule has 5 nitrogen and oxygen atoms in total. The number of ether oxygens (including phenoxy) is 4. The van der Waals surface area contributed by atoms with Crippen molar-refractivity contribution >= 4 is 5.97 Å². The molecule has 0 unspecified atom stereocenters. The molecule has 5 heteroatoms. The predicted molar refractivity (Wildman–Crippen MR) is 82.1 cm³/mol. The number of hydrogen-bond donors (Lipinski definition) is 0. The number of carbonyl (C=O) groups is 1. The molecular weight excluding hydrogens is 272 g/mol. The Morgan fingerprint density at radius 2 is 1.24 bits per heavy atom. The van der Waals surface area contributed by atoms with Gasteiger partial charge in [-0.25, -0.2) is 0 Å². The Bertz CT molecular complexity index is 289. The Morgan fingerprint density at radius 1 is 0.857 bits per heavy atom. The molecule has 0 bridgehead atoms. The lowest BCUT2D eigenvalue weighted by Crippen LogP contribution is -2.42. The summed E-state index contributed by atoms with van der Waals surface area (Å²) in [5.41, 5.74) is -0.569. The molecule has 0 aliphatic rings. The summed E-state index contributed by atoms with van der Waals surface area (Å²) in [5.74, 6) is -0.351. The zero-order chi connectivity index (χ0) is 16.0. The topological polar surface area (TPSA) is 54.0 Å². The predicted octanol–water partition coefficient (Wildman–Crippen LogP) is 2.14. The highest BCUT2D eigenvalue weighted by atomic mass is 16.5. The largest absolute Gasteiger partial charge is 0.465 e. The third-order valence-corrected chi connectivity index (χ3v) is 2.51. The highest BCUT2D eigenvalue weighted by Gasteiger charge is 2.33. The van der Waals surface area contributed by atoms with Crippen molar-refractivity contribution in [1.29, 1.82) is 0 Å². The lowest BCUT2D eigenvalue weighted by atomic mass is 9.92. The highest BCUT2D eigenvalue weighted by molar-refractivity contribution is 5.65. The highest BCUT2D eigenvalue weighted by Crippen LogP contribution is 2.21. The molecule has 0 saturated heterocycles. The Balaban J connectivity index is 4.75. The SMILES string of the molecule is C=CCOCC(COCC=C)(COCC=C)COC(C)=O. The van der Waals surface area contributed by atoms with Gasteiger partial charge in [-0.2, -0.15) is 0 Å². The van der Waals surface area contributed by atoms with Crippen LogP contribution in [0.1, 0.15) is 6.92 Å². The van der Waals surface area contributed by atoms with E-state index >= 15 is 0 Å². The summed E-state index contributed by atoms with van der Waals surface area (Å²) < 4.78 is 21.7. The lowest BCUT2D eigenvalue weighted by molar-refractivity contribution is -0.152. The first-order valence-electron chi connectivity index (χ1n) is 6.79. The van der Waals surface area contributed by atoms with E-state index in [0.717, 1.165) is 0 Å². The molecule has 0 spiro atoms. The van der Waals surface area contributed by atoms with Crippen LogP contribution in [0.2, 0.25) is 0 Å². The van der Waals surface area contributed by atoms with Crippen molar-refractivity contribution in [3.05, 3.63) is 38.0 Å². The molecule has 0 rings (SSSR count). The first-order chi connectivity index (χ1) is 10.1. The van der Waals surface area contributed by atoms with Gasteiger partial charge in [0.2, 0.25) is 0 Å². The second-order valence-electron chi connectivity index (χ2n) is 4.69. The van der Waals surface area contributed by atoms with E-state index in [-0.39, 0.29) is 12.6 Å². The number of rotatable bonds is 14. The third kappa shape index (κ3) is 10.0. The minimum absolute atomic E-state index is 0.160. The van der Waals surface area contributed by atoms with Crippen molar-refractivity contribution in [2.24, 2.45) is 5.41 Å². The summed E-state index contributed by atoms with van der Waals surface area (Å²) in [6.07, 6.45) is 4.98.